The summed E-state index contributed by atoms with van der Waals surface area (Å²) >= 11 is 0. The molecular weight excluding hydrogens is 502 g/mol. The SMILES string of the molecule is CCCCCCCCCCC(=O)OC(COC(=O)CCCCCCCC)COC(OCC[N+](C)(C)C)C(=O)[O-]. The molecule has 0 heterocycles. The predicted octanol–water partition coefficient (Wildman–Crippen LogP) is 4.54. The molecule has 0 amide bonds. The molecule has 0 fully saturated rings. The minimum atomic E-state index is -1.61. The number of quaternary nitrogens is 1. The summed E-state index contributed by atoms with van der Waals surface area (Å²) in [4.78, 5) is 36.2. The second-order valence-electron chi connectivity index (χ2n) is 11.4. The van der Waals surface area contributed by atoms with Crippen LogP contribution in [0.1, 0.15) is 117 Å². The molecule has 0 N–H and O–H groups in total. The summed E-state index contributed by atoms with van der Waals surface area (Å²) in [6, 6.07) is 0. The lowest BCUT2D eigenvalue weighted by Crippen LogP contribution is -2.44. The fourth-order valence-corrected chi connectivity index (χ4v) is 3.88. The number of carbonyl (C=O) groups excluding carboxylic acids is 3. The molecule has 0 aromatic heterocycles. The molecule has 2 atom stereocenters. The maximum Gasteiger partial charge on any atom is 0.306 e. The first-order valence-electron chi connectivity index (χ1n) is 15.2. The van der Waals surface area contributed by atoms with E-state index in [1.807, 2.05) is 21.1 Å². The van der Waals surface area contributed by atoms with E-state index in [0.717, 1.165) is 38.5 Å². The third-order valence-electron chi connectivity index (χ3n) is 6.35. The normalized spacial score (nSPS) is 13.2. The quantitative estimate of drug-likeness (QED) is 0.0624. The van der Waals surface area contributed by atoms with E-state index in [-0.39, 0.29) is 32.2 Å². The molecule has 0 aliphatic carbocycles. The van der Waals surface area contributed by atoms with Gasteiger partial charge in [0.2, 0.25) is 0 Å². The van der Waals surface area contributed by atoms with E-state index in [4.69, 9.17) is 18.9 Å². The van der Waals surface area contributed by atoms with Crippen molar-refractivity contribution < 1.29 is 42.9 Å². The number of unbranched alkanes of at least 4 members (excludes halogenated alkanes) is 12. The van der Waals surface area contributed by atoms with Gasteiger partial charge in [0, 0.05) is 12.8 Å². The molecule has 9 nitrogen and oxygen atoms in total. The highest BCUT2D eigenvalue weighted by molar-refractivity contribution is 5.70. The summed E-state index contributed by atoms with van der Waals surface area (Å²) in [5.41, 5.74) is 0. The number of nitrogens with zero attached hydrogens (tertiary/aromatic N) is 1. The van der Waals surface area contributed by atoms with Crippen LogP contribution >= 0.6 is 0 Å². The average molecular weight is 560 g/mol. The summed E-state index contributed by atoms with van der Waals surface area (Å²) in [6.45, 7) is 4.59. The Morgan fingerprint density at radius 3 is 1.64 bits per heavy atom. The lowest BCUT2D eigenvalue weighted by atomic mass is 10.1. The van der Waals surface area contributed by atoms with Gasteiger partial charge in [-0.15, -0.1) is 0 Å². The van der Waals surface area contributed by atoms with Gasteiger partial charge < -0.3 is 33.3 Å². The van der Waals surface area contributed by atoms with Gasteiger partial charge in [-0.2, -0.15) is 0 Å². The molecule has 0 aromatic rings. The van der Waals surface area contributed by atoms with Gasteiger partial charge in [-0.05, 0) is 12.8 Å². The highest BCUT2D eigenvalue weighted by Crippen LogP contribution is 2.12. The molecule has 0 saturated heterocycles. The van der Waals surface area contributed by atoms with Crippen molar-refractivity contribution in [1.29, 1.82) is 0 Å². The van der Waals surface area contributed by atoms with Crippen LogP contribution in [0, 0.1) is 0 Å². The molecule has 0 aliphatic rings. The van der Waals surface area contributed by atoms with E-state index >= 15 is 0 Å². The molecule has 9 heteroatoms. The fourth-order valence-electron chi connectivity index (χ4n) is 3.88. The molecular formula is C30H57NO8. The number of esters is 2. The number of hydrogen-bond acceptors (Lipinski definition) is 8. The molecule has 0 spiro atoms. The number of carboxylic acids is 1. The van der Waals surface area contributed by atoms with Gasteiger partial charge in [-0.25, -0.2) is 0 Å². The van der Waals surface area contributed by atoms with Gasteiger partial charge in [0.05, 0.1) is 40.3 Å². The minimum Gasteiger partial charge on any atom is -0.545 e. The van der Waals surface area contributed by atoms with E-state index in [9.17, 15) is 19.5 Å². The highest BCUT2D eigenvalue weighted by Gasteiger charge is 2.21. The summed E-state index contributed by atoms with van der Waals surface area (Å²) in [5.74, 6) is -2.30. The van der Waals surface area contributed by atoms with Gasteiger partial charge in [0.15, 0.2) is 12.4 Å². The molecule has 39 heavy (non-hydrogen) atoms. The lowest BCUT2D eigenvalue weighted by Gasteiger charge is -2.26. The van der Waals surface area contributed by atoms with Crippen molar-refractivity contribution in [2.75, 3.05) is 47.5 Å². The minimum absolute atomic E-state index is 0.151. The van der Waals surface area contributed by atoms with E-state index in [2.05, 4.69) is 13.8 Å². The number of rotatable bonds is 27. The molecule has 0 rings (SSSR count). The molecule has 0 radical (unpaired) electrons. The standard InChI is InChI=1S/C30H57NO8/c1-6-8-10-12-14-15-17-19-21-28(33)39-26(24-37-27(32)20-18-16-13-11-9-7-2)25-38-30(29(34)35)36-23-22-31(3,4)5/h26,30H,6-25H2,1-5H3. The highest BCUT2D eigenvalue weighted by atomic mass is 16.7. The Bertz CT molecular complexity index is 635. The first kappa shape index (κ1) is 37.3. The zero-order valence-corrected chi connectivity index (χ0v) is 25.5. The van der Waals surface area contributed by atoms with Crippen LogP contribution in [0.25, 0.3) is 0 Å². The zero-order valence-electron chi connectivity index (χ0n) is 25.5. The number of ether oxygens (including phenoxy) is 4. The number of carbonyl (C=O) groups is 3. The molecule has 0 aliphatic heterocycles. The predicted molar refractivity (Wildman–Crippen MR) is 150 cm³/mol. The maximum absolute atomic E-state index is 12.5. The second-order valence-corrected chi connectivity index (χ2v) is 11.4. The summed E-state index contributed by atoms with van der Waals surface area (Å²) in [5, 5.41) is 11.5. The third kappa shape index (κ3) is 25.0. The van der Waals surface area contributed by atoms with Crippen LogP contribution in [0.4, 0.5) is 0 Å². The summed E-state index contributed by atoms with van der Waals surface area (Å²) in [7, 11) is 5.87. The Morgan fingerprint density at radius 2 is 1.15 bits per heavy atom. The maximum atomic E-state index is 12.5. The van der Waals surface area contributed by atoms with Crippen molar-refractivity contribution in [3.05, 3.63) is 0 Å². The average Bonchev–Trinajstić information content (AvgIpc) is 2.87. The molecule has 230 valence electrons. The van der Waals surface area contributed by atoms with Crippen LogP contribution in [0.5, 0.6) is 0 Å². The van der Waals surface area contributed by atoms with Gasteiger partial charge in [0.25, 0.3) is 0 Å². The van der Waals surface area contributed by atoms with Crippen molar-refractivity contribution >= 4 is 17.9 Å². The number of hydrogen-bond donors (Lipinski definition) is 0. The topological polar surface area (TPSA) is 111 Å². The molecule has 0 bridgehead atoms. The van der Waals surface area contributed by atoms with E-state index in [1.165, 1.54) is 44.9 Å². The van der Waals surface area contributed by atoms with Crippen LogP contribution in [-0.4, -0.2) is 82.3 Å². The summed E-state index contributed by atoms with van der Waals surface area (Å²) < 4.78 is 22.1. The van der Waals surface area contributed by atoms with E-state index in [0.29, 0.717) is 23.9 Å². The first-order chi connectivity index (χ1) is 18.6. The molecule has 0 saturated carbocycles. The van der Waals surface area contributed by atoms with Gasteiger partial charge >= 0.3 is 11.9 Å². The Balaban J connectivity index is 4.67. The van der Waals surface area contributed by atoms with E-state index < -0.39 is 24.3 Å². The van der Waals surface area contributed by atoms with Crippen LogP contribution < -0.4 is 5.11 Å². The van der Waals surface area contributed by atoms with Crippen LogP contribution in [0.3, 0.4) is 0 Å². The third-order valence-corrected chi connectivity index (χ3v) is 6.35. The van der Waals surface area contributed by atoms with Crippen molar-refractivity contribution in [1.82, 2.24) is 0 Å². The van der Waals surface area contributed by atoms with Crippen molar-refractivity contribution in [3.8, 4) is 0 Å². The second kappa shape index (κ2) is 24.1. The number of aliphatic carboxylic acids is 1. The summed E-state index contributed by atoms with van der Waals surface area (Å²) in [6.07, 6.45) is 13.2. The van der Waals surface area contributed by atoms with Crippen LogP contribution in [0.15, 0.2) is 0 Å². The van der Waals surface area contributed by atoms with Crippen molar-refractivity contribution in [3.63, 3.8) is 0 Å². The monoisotopic (exact) mass is 559 g/mol. The Hall–Kier alpha value is -1.71. The zero-order chi connectivity index (χ0) is 29.4. The van der Waals surface area contributed by atoms with Crippen molar-refractivity contribution in [2.45, 2.75) is 129 Å². The smallest absolute Gasteiger partial charge is 0.306 e. The number of carboxylic acid groups (broad SMARTS) is 1. The first-order valence-corrected chi connectivity index (χ1v) is 15.2. The lowest BCUT2D eigenvalue weighted by molar-refractivity contribution is -0.870. The van der Waals surface area contributed by atoms with Crippen LogP contribution in [-0.2, 0) is 33.3 Å². The molecule has 2 unspecified atom stereocenters. The van der Waals surface area contributed by atoms with Gasteiger partial charge in [-0.3, -0.25) is 9.59 Å². The number of likely N-dealkylation sites (N-methyl/N-ethyl adjacent to an activating group) is 1. The fraction of sp³-hybridized carbons (Fsp3) is 0.900. The Labute approximate surface area is 237 Å². The Morgan fingerprint density at radius 1 is 0.667 bits per heavy atom. The van der Waals surface area contributed by atoms with Crippen LogP contribution in [0.2, 0.25) is 0 Å². The van der Waals surface area contributed by atoms with Crippen molar-refractivity contribution in [2.24, 2.45) is 0 Å². The van der Waals surface area contributed by atoms with Gasteiger partial charge in [-0.1, -0.05) is 90.9 Å². The Kier molecular flexibility index (Phi) is 23.1. The largest absolute Gasteiger partial charge is 0.545 e. The van der Waals surface area contributed by atoms with Gasteiger partial charge in [0.1, 0.15) is 13.2 Å². The molecule has 0 aromatic carbocycles. The van der Waals surface area contributed by atoms with E-state index in [1.54, 1.807) is 0 Å².